The van der Waals surface area contributed by atoms with Gasteiger partial charge in [0.15, 0.2) is 5.78 Å². The number of carbonyl (C=O) groups excluding carboxylic acids is 1. The molecule has 2 N–H and O–H groups in total. The van der Waals surface area contributed by atoms with Crippen LogP contribution in [0, 0.1) is 6.92 Å². The van der Waals surface area contributed by atoms with Crippen molar-refractivity contribution < 1.29 is 4.79 Å². The van der Waals surface area contributed by atoms with Crippen LogP contribution in [0.3, 0.4) is 0 Å². The maximum atomic E-state index is 11.5. The van der Waals surface area contributed by atoms with Crippen LogP contribution in [0.1, 0.15) is 49.7 Å². The minimum absolute atomic E-state index is 0.0493. The number of aryl methyl sites for hydroxylation is 1. The van der Waals surface area contributed by atoms with Crippen LogP contribution in [0.2, 0.25) is 0 Å². The van der Waals surface area contributed by atoms with Gasteiger partial charge in [-0.25, -0.2) is 4.98 Å². The molecule has 1 aliphatic rings. The van der Waals surface area contributed by atoms with Crippen molar-refractivity contribution in [2.75, 3.05) is 18.4 Å². The number of pyridine rings is 1. The van der Waals surface area contributed by atoms with Crippen LogP contribution in [-0.4, -0.2) is 45.8 Å². The Morgan fingerprint density at radius 3 is 2.64 bits per heavy atom. The number of anilines is 1. The number of ketones is 1. The van der Waals surface area contributed by atoms with Gasteiger partial charge < -0.3 is 15.2 Å². The van der Waals surface area contributed by atoms with Gasteiger partial charge in [0.05, 0.1) is 5.69 Å². The molecule has 2 aromatic heterocycles. The molecule has 0 atom stereocenters. The maximum Gasteiger partial charge on any atom is 0.175 e. The SMILES string of the molecule is CC(=O)c1cc(-c2cc(NC3CCN(C(C)C)CC3)ncc2C)c[nH]1. The molecule has 0 bridgehead atoms. The maximum absolute atomic E-state index is 11.5. The van der Waals surface area contributed by atoms with Gasteiger partial charge in [0.2, 0.25) is 0 Å². The number of H-pyrrole nitrogens is 1. The average molecular weight is 340 g/mol. The molecule has 25 heavy (non-hydrogen) atoms. The molecule has 0 saturated carbocycles. The number of rotatable bonds is 5. The summed E-state index contributed by atoms with van der Waals surface area (Å²) in [4.78, 5) is 21.6. The zero-order valence-electron chi connectivity index (χ0n) is 15.6. The molecule has 1 fully saturated rings. The van der Waals surface area contributed by atoms with Crippen LogP contribution >= 0.6 is 0 Å². The number of piperidine rings is 1. The van der Waals surface area contributed by atoms with Crippen molar-refractivity contribution >= 4 is 11.6 Å². The first-order chi connectivity index (χ1) is 11.9. The van der Waals surface area contributed by atoms with Crippen LogP contribution in [0.15, 0.2) is 24.5 Å². The van der Waals surface area contributed by atoms with Crippen molar-refractivity contribution in [2.24, 2.45) is 0 Å². The average Bonchev–Trinajstić information content (AvgIpc) is 3.07. The fourth-order valence-corrected chi connectivity index (χ4v) is 3.44. The molecular formula is C20H28N4O. The number of aromatic nitrogens is 2. The van der Waals surface area contributed by atoms with Gasteiger partial charge in [-0.15, -0.1) is 0 Å². The lowest BCUT2D eigenvalue weighted by molar-refractivity contribution is 0.101. The summed E-state index contributed by atoms with van der Waals surface area (Å²) in [6.45, 7) is 10.4. The number of nitrogens with one attached hydrogen (secondary N) is 2. The Labute approximate surface area is 149 Å². The van der Waals surface area contributed by atoms with Crippen molar-refractivity contribution in [3.63, 3.8) is 0 Å². The highest BCUT2D eigenvalue weighted by atomic mass is 16.1. The van der Waals surface area contributed by atoms with Gasteiger partial charge in [-0.2, -0.15) is 0 Å². The van der Waals surface area contributed by atoms with Crippen molar-refractivity contribution in [1.82, 2.24) is 14.9 Å². The lowest BCUT2D eigenvalue weighted by Gasteiger charge is -2.35. The van der Waals surface area contributed by atoms with Crippen LogP contribution in [-0.2, 0) is 0 Å². The van der Waals surface area contributed by atoms with Crippen LogP contribution in [0.25, 0.3) is 11.1 Å². The number of Topliss-reactive ketones (excluding diaryl/α,β-unsaturated/α-hetero) is 1. The predicted molar refractivity (Wildman–Crippen MR) is 102 cm³/mol. The third-order valence-electron chi connectivity index (χ3n) is 5.09. The first-order valence-corrected chi connectivity index (χ1v) is 9.11. The minimum Gasteiger partial charge on any atom is -0.367 e. The van der Waals surface area contributed by atoms with E-state index in [1.807, 2.05) is 25.4 Å². The van der Waals surface area contributed by atoms with Gasteiger partial charge in [0.1, 0.15) is 5.82 Å². The number of aromatic amines is 1. The Kier molecular flexibility index (Phi) is 5.23. The van der Waals surface area contributed by atoms with Crippen molar-refractivity contribution in [1.29, 1.82) is 0 Å². The molecule has 5 nitrogen and oxygen atoms in total. The molecule has 1 saturated heterocycles. The van der Waals surface area contributed by atoms with Gasteiger partial charge in [-0.1, -0.05) is 0 Å². The summed E-state index contributed by atoms with van der Waals surface area (Å²) in [7, 11) is 0. The largest absolute Gasteiger partial charge is 0.367 e. The Bertz CT molecular complexity index is 742. The predicted octanol–water partition coefficient (Wildman–Crippen LogP) is 3.87. The molecular weight excluding hydrogens is 312 g/mol. The molecule has 3 rings (SSSR count). The number of carbonyl (C=O) groups is 1. The molecule has 2 aromatic rings. The molecule has 0 amide bonds. The second kappa shape index (κ2) is 7.40. The van der Waals surface area contributed by atoms with E-state index >= 15 is 0 Å². The van der Waals surface area contributed by atoms with Gasteiger partial charge in [-0.3, -0.25) is 4.79 Å². The standard InChI is InChI=1S/C20H28N4O/c1-13(2)24-7-5-17(6-8-24)23-20-10-18(14(3)11-22-20)16-9-19(15(4)25)21-12-16/h9-13,17,21H,5-8H2,1-4H3,(H,22,23). The second-order valence-electron chi connectivity index (χ2n) is 7.29. The van der Waals surface area contributed by atoms with Crippen LogP contribution in [0.5, 0.6) is 0 Å². The van der Waals surface area contributed by atoms with Gasteiger partial charge in [-0.05, 0) is 56.9 Å². The van der Waals surface area contributed by atoms with E-state index < -0.39 is 0 Å². The Hall–Kier alpha value is -2.14. The zero-order valence-corrected chi connectivity index (χ0v) is 15.6. The van der Waals surface area contributed by atoms with E-state index in [4.69, 9.17) is 0 Å². The van der Waals surface area contributed by atoms with E-state index in [1.54, 1.807) is 6.92 Å². The normalized spacial score (nSPS) is 16.4. The summed E-state index contributed by atoms with van der Waals surface area (Å²) in [6, 6.07) is 5.10. The summed E-state index contributed by atoms with van der Waals surface area (Å²) in [5, 5.41) is 3.59. The highest BCUT2D eigenvalue weighted by molar-refractivity contribution is 5.94. The first-order valence-electron chi connectivity index (χ1n) is 9.11. The Morgan fingerprint density at radius 2 is 2.04 bits per heavy atom. The van der Waals surface area contributed by atoms with Gasteiger partial charge >= 0.3 is 0 Å². The molecule has 0 aliphatic carbocycles. The lowest BCUT2D eigenvalue weighted by atomic mass is 10.0. The number of hydrogen-bond acceptors (Lipinski definition) is 4. The summed E-state index contributed by atoms with van der Waals surface area (Å²) >= 11 is 0. The fraction of sp³-hybridized carbons (Fsp3) is 0.500. The first kappa shape index (κ1) is 17.7. The van der Waals surface area contributed by atoms with E-state index in [2.05, 4.69) is 40.1 Å². The Balaban J connectivity index is 1.72. The monoisotopic (exact) mass is 340 g/mol. The van der Waals surface area contributed by atoms with E-state index in [0.29, 0.717) is 17.8 Å². The molecule has 0 aromatic carbocycles. The summed E-state index contributed by atoms with van der Waals surface area (Å²) < 4.78 is 0. The molecule has 1 aliphatic heterocycles. The van der Waals surface area contributed by atoms with E-state index in [1.165, 1.54) is 0 Å². The topological polar surface area (TPSA) is 61.0 Å². The van der Waals surface area contributed by atoms with Crippen molar-refractivity contribution in [3.8, 4) is 11.1 Å². The van der Waals surface area contributed by atoms with E-state index in [-0.39, 0.29) is 5.78 Å². The number of hydrogen-bond donors (Lipinski definition) is 2. The molecule has 0 unspecified atom stereocenters. The minimum atomic E-state index is 0.0493. The molecule has 134 valence electrons. The number of nitrogens with zero attached hydrogens (tertiary/aromatic N) is 2. The second-order valence-corrected chi connectivity index (χ2v) is 7.29. The van der Waals surface area contributed by atoms with E-state index in [0.717, 1.165) is 48.4 Å². The lowest BCUT2D eigenvalue weighted by Crippen LogP contribution is -2.42. The smallest absolute Gasteiger partial charge is 0.175 e. The van der Waals surface area contributed by atoms with Crippen LogP contribution < -0.4 is 5.32 Å². The van der Waals surface area contributed by atoms with E-state index in [9.17, 15) is 4.79 Å². The summed E-state index contributed by atoms with van der Waals surface area (Å²) in [6.07, 6.45) is 6.08. The van der Waals surface area contributed by atoms with Gasteiger partial charge in [0, 0.05) is 50.1 Å². The molecule has 3 heterocycles. The van der Waals surface area contributed by atoms with Crippen LogP contribution in [0.4, 0.5) is 5.82 Å². The summed E-state index contributed by atoms with van der Waals surface area (Å²) in [5.74, 6) is 0.961. The highest BCUT2D eigenvalue weighted by Crippen LogP contribution is 2.27. The molecule has 0 spiro atoms. The zero-order chi connectivity index (χ0) is 18.0. The summed E-state index contributed by atoms with van der Waals surface area (Å²) in [5.41, 5.74) is 3.89. The van der Waals surface area contributed by atoms with Crippen molar-refractivity contribution in [3.05, 3.63) is 35.8 Å². The quantitative estimate of drug-likeness (QED) is 0.811. The highest BCUT2D eigenvalue weighted by Gasteiger charge is 2.21. The molecule has 5 heteroatoms. The Morgan fingerprint density at radius 1 is 1.32 bits per heavy atom. The third kappa shape index (κ3) is 4.10. The molecule has 0 radical (unpaired) electrons. The van der Waals surface area contributed by atoms with Crippen molar-refractivity contribution in [2.45, 2.75) is 52.6 Å². The fourth-order valence-electron chi connectivity index (χ4n) is 3.44. The number of likely N-dealkylation sites (tertiary alicyclic amines) is 1. The third-order valence-corrected chi connectivity index (χ3v) is 5.09. The van der Waals surface area contributed by atoms with Gasteiger partial charge in [0.25, 0.3) is 0 Å².